The summed E-state index contributed by atoms with van der Waals surface area (Å²) in [6.45, 7) is 6.31. The van der Waals surface area contributed by atoms with Gasteiger partial charge in [0.05, 0.1) is 33.1 Å². The van der Waals surface area contributed by atoms with Crippen molar-refractivity contribution in [1.82, 2.24) is 15.5 Å². The minimum absolute atomic E-state index is 0.194. The third kappa shape index (κ3) is 5.92. The second-order valence-electron chi connectivity index (χ2n) is 7.38. The molecule has 1 aliphatic rings. The first kappa shape index (κ1) is 22.0. The highest BCUT2D eigenvalue weighted by Crippen LogP contribution is 2.26. The lowest BCUT2D eigenvalue weighted by molar-refractivity contribution is 0.146. The van der Waals surface area contributed by atoms with E-state index in [0.717, 1.165) is 55.0 Å². The van der Waals surface area contributed by atoms with Gasteiger partial charge in [0, 0.05) is 24.7 Å². The Morgan fingerprint density at radius 2 is 1.97 bits per heavy atom. The van der Waals surface area contributed by atoms with Gasteiger partial charge in [0.25, 0.3) is 0 Å². The number of rotatable bonds is 9. The summed E-state index contributed by atoms with van der Waals surface area (Å²) in [6.07, 6.45) is 5.54. The standard InChI is InChI=1S/C23H34N4O3/c1-4-24-23(25-16-18-10-11-19(28-2)15-22(18)29-3)26-17-20(21-9-8-14-30-21)27-12-6-5-7-13-27/h8-11,14-15,20H,4-7,12-13,16-17H2,1-3H3,(H2,24,25,26). The molecule has 1 fully saturated rings. The summed E-state index contributed by atoms with van der Waals surface area (Å²) in [6, 6.07) is 10.0. The molecule has 1 saturated heterocycles. The maximum atomic E-state index is 5.75. The van der Waals surface area contributed by atoms with Gasteiger partial charge < -0.3 is 24.5 Å². The Hall–Kier alpha value is -2.67. The molecule has 2 heterocycles. The van der Waals surface area contributed by atoms with E-state index in [9.17, 15) is 0 Å². The molecule has 1 unspecified atom stereocenters. The van der Waals surface area contributed by atoms with E-state index in [1.54, 1.807) is 20.5 Å². The minimum Gasteiger partial charge on any atom is -0.497 e. The highest BCUT2D eigenvalue weighted by atomic mass is 16.5. The molecule has 0 radical (unpaired) electrons. The van der Waals surface area contributed by atoms with E-state index >= 15 is 0 Å². The first-order valence-corrected chi connectivity index (χ1v) is 10.8. The van der Waals surface area contributed by atoms with Crippen LogP contribution >= 0.6 is 0 Å². The Labute approximate surface area is 179 Å². The Kier molecular flexibility index (Phi) is 8.44. The van der Waals surface area contributed by atoms with E-state index in [1.807, 2.05) is 24.3 Å². The van der Waals surface area contributed by atoms with Crippen LogP contribution in [0.5, 0.6) is 11.5 Å². The van der Waals surface area contributed by atoms with Crippen LogP contribution in [0.25, 0.3) is 0 Å². The predicted molar refractivity (Wildman–Crippen MR) is 119 cm³/mol. The van der Waals surface area contributed by atoms with Gasteiger partial charge in [-0.15, -0.1) is 0 Å². The molecule has 1 aromatic heterocycles. The van der Waals surface area contributed by atoms with Gasteiger partial charge in [-0.25, -0.2) is 4.99 Å². The summed E-state index contributed by atoms with van der Waals surface area (Å²) in [5, 5.41) is 6.85. The van der Waals surface area contributed by atoms with Crippen molar-refractivity contribution in [3.8, 4) is 11.5 Å². The van der Waals surface area contributed by atoms with Crippen molar-refractivity contribution in [1.29, 1.82) is 0 Å². The molecular weight excluding hydrogens is 380 g/mol. The maximum Gasteiger partial charge on any atom is 0.191 e. The third-order valence-corrected chi connectivity index (χ3v) is 5.41. The summed E-state index contributed by atoms with van der Waals surface area (Å²) < 4.78 is 16.5. The number of likely N-dealkylation sites (tertiary alicyclic amines) is 1. The summed E-state index contributed by atoms with van der Waals surface area (Å²) in [5.74, 6) is 3.32. The number of piperidine rings is 1. The van der Waals surface area contributed by atoms with Crippen molar-refractivity contribution < 1.29 is 13.9 Å². The predicted octanol–water partition coefficient (Wildman–Crippen LogP) is 3.58. The number of hydrogen-bond acceptors (Lipinski definition) is 5. The Morgan fingerprint density at radius 1 is 1.13 bits per heavy atom. The van der Waals surface area contributed by atoms with Crippen molar-refractivity contribution in [2.45, 2.75) is 38.8 Å². The minimum atomic E-state index is 0.194. The fourth-order valence-electron chi connectivity index (χ4n) is 3.80. The van der Waals surface area contributed by atoms with Gasteiger partial charge in [0.1, 0.15) is 17.3 Å². The quantitative estimate of drug-likeness (QED) is 0.483. The molecule has 1 aromatic carbocycles. The number of furan rings is 1. The van der Waals surface area contributed by atoms with Crippen LogP contribution in [-0.2, 0) is 6.54 Å². The Balaban J connectivity index is 1.69. The molecule has 0 aliphatic carbocycles. The highest BCUT2D eigenvalue weighted by Gasteiger charge is 2.24. The van der Waals surface area contributed by atoms with Crippen LogP contribution in [0.15, 0.2) is 46.0 Å². The summed E-state index contributed by atoms with van der Waals surface area (Å²) in [5.41, 5.74) is 1.01. The van der Waals surface area contributed by atoms with Gasteiger partial charge in [0.15, 0.2) is 5.96 Å². The molecule has 30 heavy (non-hydrogen) atoms. The lowest BCUT2D eigenvalue weighted by Gasteiger charge is -2.33. The van der Waals surface area contributed by atoms with Crippen molar-refractivity contribution in [3.63, 3.8) is 0 Å². The van der Waals surface area contributed by atoms with E-state index in [2.05, 4.69) is 28.5 Å². The van der Waals surface area contributed by atoms with Crippen LogP contribution in [0.2, 0.25) is 0 Å². The first-order chi connectivity index (χ1) is 14.7. The molecule has 2 N–H and O–H groups in total. The highest BCUT2D eigenvalue weighted by molar-refractivity contribution is 5.79. The summed E-state index contributed by atoms with van der Waals surface area (Å²) in [7, 11) is 3.32. The number of aliphatic imine (C=N–C) groups is 1. The zero-order valence-electron chi connectivity index (χ0n) is 18.3. The second-order valence-corrected chi connectivity index (χ2v) is 7.38. The molecule has 1 aliphatic heterocycles. The largest absolute Gasteiger partial charge is 0.497 e. The molecule has 1 atom stereocenters. The zero-order valence-corrected chi connectivity index (χ0v) is 18.3. The fraction of sp³-hybridized carbons (Fsp3) is 0.522. The van der Waals surface area contributed by atoms with E-state index in [1.165, 1.54) is 19.3 Å². The summed E-state index contributed by atoms with van der Waals surface area (Å²) in [4.78, 5) is 7.28. The van der Waals surface area contributed by atoms with Crippen LogP contribution < -0.4 is 20.1 Å². The molecule has 164 valence electrons. The number of guanidine groups is 1. The van der Waals surface area contributed by atoms with Gasteiger partial charge in [0.2, 0.25) is 0 Å². The number of hydrogen-bond donors (Lipinski definition) is 2. The third-order valence-electron chi connectivity index (χ3n) is 5.41. The molecule has 0 saturated carbocycles. The van der Waals surface area contributed by atoms with Gasteiger partial charge in [-0.1, -0.05) is 6.42 Å². The van der Waals surface area contributed by atoms with Gasteiger partial charge in [-0.3, -0.25) is 4.90 Å². The number of nitrogens with one attached hydrogen (secondary N) is 2. The molecule has 7 heteroatoms. The lowest BCUT2D eigenvalue weighted by Crippen LogP contribution is -2.44. The molecule has 0 spiro atoms. The Bertz CT molecular complexity index is 786. The molecular formula is C23H34N4O3. The van der Waals surface area contributed by atoms with Crippen LogP contribution in [0.4, 0.5) is 0 Å². The number of benzene rings is 1. The molecule has 3 rings (SSSR count). The topological polar surface area (TPSA) is 71.3 Å². The smallest absolute Gasteiger partial charge is 0.191 e. The van der Waals surface area contributed by atoms with Crippen LogP contribution in [0.3, 0.4) is 0 Å². The zero-order chi connectivity index (χ0) is 21.2. The van der Waals surface area contributed by atoms with Gasteiger partial charge in [-0.2, -0.15) is 0 Å². The summed E-state index contributed by atoms with van der Waals surface area (Å²) >= 11 is 0. The number of nitrogens with zero attached hydrogens (tertiary/aromatic N) is 2. The SMILES string of the molecule is CCNC(=NCc1ccc(OC)cc1OC)NCC(c1ccco1)N1CCCCC1. The molecule has 2 aromatic rings. The monoisotopic (exact) mass is 414 g/mol. The van der Waals surface area contributed by atoms with Gasteiger partial charge >= 0.3 is 0 Å². The van der Waals surface area contributed by atoms with Crippen LogP contribution in [0, 0.1) is 0 Å². The van der Waals surface area contributed by atoms with E-state index in [4.69, 9.17) is 18.9 Å². The molecule has 0 bridgehead atoms. The maximum absolute atomic E-state index is 5.75. The first-order valence-electron chi connectivity index (χ1n) is 10.8. The molecule has 7 nitrogen and oxygen atoms in total. The Morgan fingerprint density at radius 3 is 2.63 bits per heavy atom. The van der Waals surface area contributed by atoms with Crippen LogP contribution in [0.1, 0.15) is 43.6 Å². The number of methoxy groups -OCH3 is 2. The lowest BCUT2D eigenvalue weighted by atomic mass is 10.1. The van der Waals surface area contributed by atoms with E-state index < -0.39 is 0 Å². The van der Waals surface area contributed by atoms with Crippen molar-refractivity contribution in [3.05, 3.63) is 47.9 Å². The van der Waals surface area contributed by atoms with Crippen LogP contribution in [-0.4, -0.2) is 51.3 Å². The van der Waals surface area contributed by atoms with Crippen molar-refractivity contribution in [2.24, 2.45) is 4.99 Å². The van der Waals surface area contributed by atoms with E-state index in [0.29, 0.717) is 6.54 Å². The fourth-order valence-corrected chi connectivity index (χ4v) is 3.80. The normalized spacial score (nSPS) is 16.2. The average molecular weight is 415 g/mol. The average Bonchev–Trinajstić information content (AvgIpc) is 3.32. The second kappa shape index (κ2) is 11.5. The number of ether oxygens (including phenoxy) is 2. The van der Waals surface area contributed by atoms with Gasteiger partial charge in [-0.05, 0) is 57.1 Å². The van der Waals surface area contributed by atoms with Crippen molar-refractivity contribution >= 4 is 5.96 Å². The molecule has 0 amide bonds. The van der Waals surface area contributed by atoms with Crippen molar-refractivity contribution in [2.75, 3.05) is 40.4 Å². The van der Waals surface area contributed by atoms with E-state index in [-0.39, 0.29) is 6.04 Å².